The van der Waals surface area contributed by atoms with E-state index in [1.165, 1.54) is 32.1 Å². The summed E-state index contributed by atoms with van der Waals surface area (Å²) in [5.41, 5.74) is 0. The van der Waals surface area contributed by atoms with Crippen LogP contribution < -0.4 is 0 Å². The van der Waals surface area contributed by atoms with Crippen LogP contribution in [0.15, 0.2) is 0 Å². The van der Waals surface area contributed by atoms with Gasteiger partial charge in [0.05, 0.1) is 33.6 Å². The van der Waals surface area contributed by atoms with Gasteiger partial charge in [-0.25, -0.2) is 4.39 Å². The molecule has 0 aromatic rings. The Hall–Kier alpha value is -1.83. The Bertz CT molecular complexity index is 844. The van der Waals surface area contributed by atoms with E-state index in [4.69, 9.17) is 0 Å². The van der Waals surface area contributed by atoms with Gasteiger partial charge < -0.3 is 9.47 Å². The fraction of sp³-hybridized carbons (Fsp3) is 1.00. The van der Waals surface area contributed by atoms with Crippen molar-refractivity contribution in [2.24, 2.45) is 0 Å². The van der Waals surface area contributed by atoms with Crippen molar-refractivity contribution in [3.05, 3.63) is 0 Å². The fourth-order valence-electron chi connectivity index (χ4n) is 1.76. The highest BCUT2D eigenvalue weighted by Gasteiger charge is 2.75. The van der Waals surface area contributed by atoms with Crippen molar-refractivity contribution in [3.8, 4) is 0 Å². The summed E-state index contributed by atoms with van der Waals surface area (Å²) in [5, 5.41) is 0. The van der Waals surface area contributed by atoms with Crippen molar-refractivity contribution in [1.82, 2.24) is 0 Å². The zero-order chi connectivity index (χ0) is 66.7. The molecular formula is C48H105F25O2. The average Bonchev–Trinajstić information content (AvgIpc) is 3.31. The predicted molar refractivity (Wildman–Crippen MR) is 264 cm³/mol. The van der Waals surface area contributed by atoms with Crippen molar-refractivity contribution in [2.45, 2.75) is 305 Å². The molecule has 0 bridgehead atoms. The molecule has 0 aromatic carbocycles. The summed E-state index contributed by atoms with van der Waals surface area (Å²) >= 11 is 0. The second-order valence-corrected chi connectivity index (χ2v) is 10.8. The molecule has 0 fully saturated rings. The molecular weight excluding hydrogens is 1080 g/mol. The molecule has 0 aliphatic carbocycles. The number of alkyl halides is 25. The molecule has 0 aliphatic heterocycles. The van der Waals surface area contributed by atoms with Gasteiger partial charge in [0.25, 0.3) is 0 Å². The summed E-state index contributed by atoms with van der Waals surface area (Å²) in [6, 6.07) is 0. The van der Waals surface area contributed by atoms with E-state index in [1.807, 2.05) is 111 Å². The van der Waals surface area contributed by atoms with E-state index in [9.17, 15) is 110 Å². The summed E-state index contributed by atoms with van der Waals surface area (Å²) in [6.45, 7) is 52.3. The van der Waals surface area contributed by atoms with Crippen LogP contribution in [-0.4, -0.2) is 81.5 Å². The first kappa shape index (κ1) is 121. The number of ether oxygens (including phenoxy) is 2. The van der Waals surface area contributed by atoms with Crippen LogP contribution in [0.4, 0.5) is 110 Å². The standard InChI is InChI=1S/C11H7F17O2.C4H4F6.5C3H8.8C2H6.2CH3F/c1-5(12,10(24,25)26)30-4(9(21,22)23)7(16,17)11(27,28)29-3(8(18,19)20)2-6(13,14)15;5-3(6,7)1-2-4(8,9)10;5*1-3-2;10*1-2/h3-4H,2H2,1H3;1-2H2;5*3H2,1-2H3;8*1-2H3;2*1H3. The molecule has 0 saturated carbocycles. The van der Waals surface area contributed by atoms with Gasteiger partial charge in [0.15, 0.2) is 6.10 Å². The van der Waals surface area contributed by atoms with E-state index < -0.39 is 93.3 Å². The molecule has 0 amide bonds. The van der Waals surface area contributed by atoms with Crippen LogP contribution in [0.3, 0.4) is 0 Å². The first-order chi connectivity index (χ1) is 33.9. The average molecular weight is 1190 g/mol. The number of hydrogen-bond donors (Lipinski definition) is 0. The monoisotopic (exact) mass is 1190 g/mol. The smallest absolute Gasteiger partial charge is 0.319 e. The van der Waals surface area contributed by atoms with E-state index in [-0.39, 0.29) is 0 Å². The molecule has 0 radical (unpaired) electrons. The third kappa shape index (κ3) is 113. The zero-order valence-electron chi connectivity index (χ0n) is 50.6. The van der Waals surface area contributed by atoms with E-state index in [1.54, 1.807) is 0 Å². The van der Waals surface area contributed by atoms with Crippen LogP contribution in [-0.2, 0) is 9.47 Å². The summed E-state index contributed by atoms with van der Waals surface area (Å²) in [5.74, 6) is -13.0. The molecule has 0 rings (SSSR count). The highest BCUT2D eigenvalue weighted by molar-refractivity contribution is 4.94. The van der Waals surface area contributed by atoms with Crippen molar-refractivity contribution in [2.75, 3.05) is 14.4 Å². The Morgan fingerprint density at radius 2 is 0.493 bits per heavy atom. The Balaban J connectivity index is -0.0000000409. The third-order valence-electron chi connectivity index (χ3n) is 3.62. The Morgan fingerprint density at radius 3 is 0.613 bits per heavy atom. The first-order valence-electron chi connectivity index (χ1n) is 24.9. The predicted octanol–water partition coefficient (Wildman–Crippen LogP) is 25.7. The van der Waals surface area contributed by atoms with E-state index >= 15 is 0 Å². The summed E-state index contributed by atoms with van der Waals surface area (Å²) in [6.07, 6.45) is -54.1. The van der Waals surface area contributed by atoms with Crippen molar-refractivity contribution >= 4 is 0 Å². The zero-order valence-corrected chi connectivity index (χ0v) is 50.6. The summed E-state index contributed by atoms with van der Waals surface area (Å²) in [4.78, 5) is 0. The van der Waals surface area contributed by atoms with E-state index in [0.29, 0.717) is 14.4 Å². The van der Waals surface area contributed by atoms with Gasteiger partial charge in [-0.2, -0.15) is 96.6 Å². The van der Waals surface area contributed by atoms with Gasteiger partial charge >= 0.3 is 54.9 Å². The fourth-order valence-corrected chi connectivity index (χ4v) is 1.76. The van der Waals surface area contributed by atoms with Crippen molar-refractivity contribution < 1.29 is 119 Å². The summed E-state index contributed by atoms with van der Waals surface area (Å²) in [7, 11) is 1.00. The number of rotatable bonds is 8. The maximum Gasteiger partial charge on any atom is 0.448 e. The molecule has 484 valence electrons. The minimum atomic E-state index is -7.26. The number of halogens is 25. The highest BCUT2D eigenvalue weighted by Crippen LogP contribution is 2.50. The lowest BCUT2D eigenvalue weighted by atomic mass is 10.1. The number of hydrogen-bond acceptors (Lipinski definition) is 2. The SMILES string of the molecule is CC.CC.CC.CC.CC.CC.CC.CC.CC(F)(OC(C(F)(F)F)C(F)(F)C(F)(F)OC(CC(F)(F)F)C(F)(F)F)C(F)(F)F.CCC.CCC.CCC.CCC.CCC.CF.CF.FC(F)(F)CCC(F)(F)F. The first-order valence-corrected chi connectivity index (χ1v) is 24.9. The van der Waals surface area contributed by atoms with Gasteiger partial charge in [0.1, 0.15) is 0 Å². The van der Waals surface area contributed by atoms with Crippen LogP contribution in [0, 0.1) is 0 Å². The van der Waals surface area contributed by atoms with Gasteiger partial charge in [-0.15, -0.1) is 0 Å². The largest absolute Gasteiger partial charge is 0.448 e. The van der Waals surface area contributed by atoms with Gasteiger partial charge in [-0.3, -0.25) is 8.78 Å². The van der Waals surface area contributed by atoms with Crippen LogP contribution >= 0.6 is 0 Å². The minimum Gasteiger partial charge on any atom is -0.319 e. The molecule has 0 spiro atoms. The van der Waals surface area contributed by atoms with Gasteiger partial charge in [0.2, 0.25) is 6.10 Å². The lowest BCUT2D eigenvalue weighted by molar-refractivity contribution is -0.454. The second kappa shape index (κ2) is 78.7. The van der Waals surface area contributed by atoms with Crippen LogP contribution in [0.5, 0.6) is 0 Å². The van der Waals surface area contributed by atoms with Crippen molar-refractivity contribution in [1.29, 1.82) is 0 Å². The second-order valence-electron chi connectivity index (χ2n) is 10.8. The molecule has 2 nitrogen and oxygen atoms in total. The van der Waals surface area contributed by atoms with Gasteiger partial charge in [0, 0.05) is 6.92 Å². The molecule has 0 aliphatic rings. The quantitative estimate of drug-likeness (QED) is 0.226. The summed E-state index contributed by atoms with van der Waals surface area (Å²) < 4.78 is 305. The topological polar surface area (TPSA) is 18.5 Å². The molecule has 3 atom stereocenters. The lowest BCUT2D eigenvalue weighted by Gasteiger charge is -2.38. The molecule has 0 aromatic heterocycles. The molecule has 27 heteroatoms. The Morgan fingerprint density at radius 1 is 0.307 bits per heavy atom. The molecule has 3 unspecified atom stereocenters. The Kier molecular flexibility index (Phi) is 127. The third-order valence-corrected chi connectivity index (χ3v) is 3.62. The van der Waals surface area contributed by atoms with E-state index in [0.717, 1.165) is 0 Å². The van der Waals surface area contributed by atoms with Crippen LogP contribution in [0.1, 0.15) is 238 Å². The normalized spacial score (nSPS) is 11.6. The van der Waals surface area contributed by atoms with Gasteiger partial charge in [-0.05, 0) is 0 Å². The van der Waals surface area contributed by atoms with Crippen molar-refractivity contribution in [3.63, 3.8) is 0 Å². The molecule has 0 saturated heterocycles. The Labute approximate surface area is 438 Å². The maximum absolute atomic E-state index is 13.6. The maximum atomic E-state index is 13.6. The lowest BCUT2D eigenvalue weighted by Crippen LogP contribution is -2.62. The molecule has 0 heterocycles. The van der Waals surface area contributed by atoms with Crippen LogP contribution in [0.25, 0.3) is 0 Å². The van der Waals surface area contributed by atoms with E-state index in [2.05, 4.69) is 78.7 Å². The van der Waals surface area contributed by atoms with Gasteiger partial charge in [-0.1, -0.05) is 212 Å². The van der Waals surface area contributed by atoms with Crippen LogP contribution in [0.2, 0.25) is 0 Å². The molecule has 75 heavy (non-hydrogen) atoms. The highest BCUT2D eigenvalue weighted by atomic mass is 19.4. The molecule has 0 N–H and O–H groups in total. The minimum absolute atomic E-state index is 0.500.